The average molecular weight is 331 g/mol. The second-order valence-electron chi connectivity index (χ2n) is 5.82. The first-order valence-electron chi connectivity index (χ1n) is 7.79. The average Bonchev–Trinajstić information content (AvgIpc) is 2.55. The Morgan fingerprint density at radius 3 is 2.35 bits per heavy atom. The van der Waals surface area contributed by atoms with E-state index in [1.165, 1.54) is 5.56 Å². The molecule has 4 heteroatoms. The lowest BCUT2D eigenvalue weighted by molar-refractivity contribution is -0.121. The molecule has 1 N–H and O–H groups in total. The number of hydrogen-bond donors (Lipinski definition) is 1. The van der Waals surface area contributed by atoms with Gasteiger partial charge in [0.2, 0.25) is 5.91 Å². The first-order valence-corrected chi connectivity index (χ1v) is 8.16. The lowest BCUT2D eigenvalue weighted by atomic mass is 10.1. The van der Waals surface area contributed by atoms with Crippen LogP contribution in [0, 0.1) is 0 Å². The molecule has 0 saturated carbocycles. The number of hydrogen-bond acceptors (Lipinski definition) is 2. The van der Waals surface area contributed by atoms with E-state index in [0.29, 0.717) is 13.0 Å². The lowest BCUT2D eigenvalue weighted by Crippen LogP contribution is -2.34. The van der Waals surface area contributed by atoms with Gasteiger partial charge in [0.25, 0.3) is 0 Å². The van der Waals surface area contributed by atoms with Crippen molar-refractivity contribution in [2.75, 3.05) is 20.6 Å². The molecule has 23 heavy (non-hydrogen) atoms. The van der Waals surface area contributed by atoms with E-state index in [0.717, 1.165) is 17.0 Å². The molecule has 0 aromatic heterocycles. The molecule has 0 aliphatic carbocycles. The number of amides is 1. The predicted molar refractivity (Wildman–Crippen MR) is 95.7 cm³/mol. The Bertz CT molecular complexity index is 611. The number of carbonyl (C=O) groups excluding carboxylic acids is 1. The van der Waals surface area contributed by atoms with Gasteiger partial charge in [0.1, 0.15) is 0 Å². The second-order valence-corrected chi connectivity index (χ2v) is 6.26. The molecule has 3 nitrogen and oxygen atoms in total. The van der Waals surface area contributed by atoms with Crippen LogP contribution in [0.5, 0.6) is 0 Å². The number of benzene rings is 2. The Kier molecular flexibility index (Phi) is 6.63. The summed E-state index contributed by atoms with van der Waals surface area (Å²) in [7, 11) is 4.02. The van der Waals surface area contributed by atoms with Crippen LogP contribution in [0.25, 0.3) is 0 Å². The van der Waals surface area contributed by atoms with Crippen LogP contribution in [-0.4, -0.2) is 31.4 Å². The highest BCUT2D eigenvalue weighted by atomic mass is 35.5. The van der Waals surface area contributed by atoms with Crippen molar-refractivity contribution < 1.29 is 4.79 Å². The van der Waals surface area contributed by atoms with E-state index in [2.05, 4.69) is 10.2 Å². The molecule has 0 spiro atoms. The fourth-order valence-electron chi connectivity index (χ4n) is 2.48. The van der Waals surface area contributed by atoms with Gasteiger partial charge in [-0.05, 0) is 43.8 Å². The number of carbonyl (C=O) groups is 1. The molecular weight excluding hydrogens is 308 g/mol. The molecule has 0 saturated heterocycles. The van der Waals surface area contributed by atoms with Crippen LogP contribution in [-0.2, 0) is 11.2 Å². The summed E-state index contributed by atoms with van der Waals surface area (Å²) in [5.41, 5.74) is 2.33. The van der Waals surface area contributed by atoms with Crippen molar-refractivity contribution in [3.63, 3.8) is 0 Å². The highest BCUT2D eigenvalue weighted by molar-refractivity contribution is 6.30. The van der Waals surface area contributed by atoms with E-state index < -0.39 is 0 Å². The quantitative estimate of drug-likeness (QED) is 0.839. The molecule has 2 aromatic carbocycles. The molecule has 1 amide bonds. The maximum absolute atomic E-state index is 12.1. The van der Waals surface area contributed by atoms with Gasteiger partial charge < -0.3 is 10.2 Å². The number of halogens is 1. The largest absolute Gasteiger partial charge is 0.354 e. The van der Waals surface area contributed by atoms with Crippen LogP contribution in [0.3, 0.4) is 0 Å². The fraction of sp³-hybridized carbons (Fsp3) is 0.316. The number of nitrogens with one attached hydrogen (secondary N) is 1. The van der Waals surface area contributed by atoms with E-state index in [4.69, 9.17) is 11.6 Å². The number of nitrogens with zero attached hydrogens (tertiary/aromatic N) is 1. The zero-order valence-corrected chi connectivity index (χ0v) is 14.4. The summed E-state index contributed by atoms with van der Waals surface area (Å²) in [5, 5.41) is 3.75. The first-order chi connectivity index (χ1) is 11.1. The second kappa shape index (κ2) is 8.70. The summed E-state index contributed by atoms with van der Waals surface area (Å²) < 4.78 is 0. The van der Waals surface area contributed by atoms with Crippen molar-refractivity contribution in [1.82, 2.24) is 10.2 Å². The molecule has 0 fully saturated rings. The molecule has 1 atom stereocenters. The van der Waals surface area contributed by atoms with Crippen molar-refractivity contribution in [2.45, 2.75) is 18.9 Å². The van der Waals surface area contributed by atoms with Crippen molar-refractivity contribution in [2.24, 2.45) is 0 Å². The summed E-state index contributed by atoms with van der Waals surface area (Å²) in [5.74, 6) is 0.0784. The van der Waals surface area contributed by atoms with Crippen LogP contribution < -0.4 is 5.32 Å². The summed E-state index contributed by atoms with van der Waals surface area (Å²) in [6.45, 7) is 0.586. The molecule has 122 valence electrons. The minimum atomic E-state index is 0.0784. The SMILES string of the molecule is CN(C)C(CNC(=O)CCc1ccccc1)c1ccc(Cl)cc1. The van der Waals surface area contributed by atoms with E-state index in [1.807, 2.05) is 68.7 Å². The Morgan fingerprint density at radius 2 is 1.74 bits per heavy atom. The van der Waals surface area contributed by atoms with Crippen molar-refractivity contribution in [3.05, 3.63) is 70.7 Å². The summed E-state index contributed by atoms with van der Waals surface area (Å²) in [4.78, 5) is 14.2. The molecule has 1 unspecified atom stereocenters. The third-order valence-electron chi connectivity index (χ3n) is 3.85. The van der Waals surface area contributed by atoms with Gasteiger partial charge in [0.15, 0.2) is 0 Å². The Hall–Kier alpha value is -1.84. The maximum atomic E-state index is 12.1. The third kappa shape index (κ3) is 5.70. The predicted octanol–water partition coefficient (Wildman–Crippen LogP) is 3.69. The highest BCUT2D eigenvalue weighted by Crippen LogP contribution is 2.19. The smallest absolute Gasteiger partial charge is 0.220 e. The van der Waals surface area contributed by atoms with E-state index in [1.54, 1.807) is 0 Å². The van der Waals surface area contributed by atoms with Crippen LogP contribution >= 0.6 is 11.6 Å². The Morgan fingerprint density at radius 1 is 1.09 bits per heavy atom. The Labute approximate surface area is 143 Å². The van der Waals surface area contributed by atoms with Gasteiger partial charge in [-0.1, -0.05) is 54.1 Å². The van der Waals surface area contributed by atoms with Gasteiger partial charge in [-0.15, -0.1) is 0 Å². The Balaban J connectivity index is 1.86. The maximum Gasteiger partial charge on any atom is 0.220 e. The van der Waals surface area contributed by atoms with Crippen LogP contribution in [0.15, 0.2) is 54.6 Å². The number of aryl methyl sites for hydroxylation is 1. The van der Waals surface area contributed by atoms with Gasteiger partial charge in [0.05, 0.1) is 6.04 Å². The van der Waals surface area contributed by atoms with E-state index in [9.17, 15) is 4.79 Å². The molecule has 2 aromatic rings. The minimum Gasteiger partial charge on any atom is -0.354 e. The van der Waals surface area contributed by atoms with Gasteiger partial charge in [-0.2, -0.15) is 0 Å². The minimum absolute atomic E-state index is 0.0784. The molecule has 0 heterocycles. The molecular formula is C19H23ClN2O. The first kappa shape index (κ1) is 17.5. The summed E-state index contributed by atoms with van der Waals surface area (Å²) in [6.07, 6.45) is 1.27. The molecule has 0 aliphatic rings. The molecule has 2 rings (SSSR count). The van der Waals surface area contributed by atoms with Gasteiger partial charge >= 0.3 is 0 Å². The standard InChI is InChI=1S/C19H23ClN2O/c1-22(2)18(16-9-11-17(20)12-10-16)14-21-19(23)13-8-15-6-4-3-5-7-15/h3-7,9-12,18H,8,13-14H2,1-2H3,(H,21,23). The lowest BCUT2D eigenvalue weighted by Gasteiger charge is -2.25. The van der Waals surface area contributed by atoms with Gasteiger partial charge in [0, 0.05) is 18.0 Å². The van der Waals surface area contributed by atoms with Crippen molar-refractivity contribution in [3.8, 4) is 0 Å². The van der Waals surface area contributed by atoms with Crippen LogP contribution in [0.1, 0.15) is 23.6 Å². The molecule has 0 aliphatic heterocycles. The summed E-state index contributed by atoms with van der Waals surface area (Å²) in [6, 6.07) is 18.0. The van der Waals surface area contributed by atoms with Crippen molar-refractivity contribution >= 4 is 17.5 Å². The number of likely N-dealkylation sites (N-methyl/N-ethyl adjacent to an activating group) is 1. The monoisotopic (exact) mass is 330 g/mol. The van der Waals surface area contributed by atoms with Crippen LogP contribution in [0.2, 0.25) is 5.02 Å². The van der Waals surface area contributed by atoms with Gasteiger partial charge in [-0.25, -0.2) is 0 Å². The third-order valence-corrected chi connectivity index (χ3v) is 4.11. The van der Waals surface area contributed by atoms with Crippen molar-refractivity contribution in [1.29, 1.82) is 0 Å². The van der Waals surface area contributed by atoms with Gasteiger partial charge in [-0.3, -0.25) is 4.79 Å². The van der Waals surface area contributed by atoms with Crippen LogP contribution in [0.4, 0.5) is 0 Å². The zero-order chi connectivity index (χ0) is 16.7. The topological polar surface area (TPSA) is 32.3 Å². The molecule has 0 radical (unpaired) electrons. The number of rotatable bonds is 7. The normalized spacial score (nSPS) is 12.2. The summed E-state index contributed by atoms with van der Waals surface area (Å²) >= 11 is 5.94. The van der Waals surface area contributed by atoms with E-state index >= 15 is 0 Å². The fourth-order valence-corrected chi connectivity index (χ4v) is 2.61. The zero-order valence-electron chi connectivity index (χ0n) is 13.6. The molecule has 0 bridgehead atoms. The highest BCUT2D eigenvalue weighted by Gasteiger charge is 2.15. The van der Waals surface area contributed by atoms with E-state index in [-0.39, 0.29) is 11.9 Å².